The molecule has 0 aliphatic carbocycles. The number of hydrogen-bond donors (Lipinski definition) is 0. The maximum atomic E-state index is 12.2. The zero-order chi connectivity index (χ0) is 17.0. The molecule has 8 heteroatoms. The Kier molecular flexibility index (Phi) is 5.62. The summed E-state index contributed by atoms with van der Waals surface area (Å²) in [4.78, 5) is 24.2. The zero-order valence-electron chi connectivity index (χ0n) is 12.5. The molecule has 1 aliphatic heterocycles. The lowest BCUT2D eigenvalue weighted by Gasteiger charge is -2.14. The second-order valence-electron chi connectivity index (χ2n) is 4.48. The lowest BCUT2D eigenvalue weighted by molar-refractivity contribution is -0.305. The van der Waals surface area contributed by atoms with Crippen LogP contribution in [0.2, 0.25) is 0 Å². The number of aliphatic carboxylic acids is 1. The van der Waals surface area contributed by atoms with Crippen molar-refractivity contribution < 1.29 is 24.2 Å². The Morgan fingerprint density at radius 2 is 2.17 bits per heavy atom. The number of amides is 1. The molecule has 1 fully saturated rings. The summed E-state index contributed by atoms with van der Waals surface area (Å²) in [6.07, 6.45) is 1.63. The smallest absolute Gasteiger partial charge is 0.266 e. The Balaban J connectivity index is 2.26. The number of thioether (sulfide) groups is 1. The number of rotatable bonds is 6. The van der Waals surface area contributed by atoms with Gasteiger partial charge >= 0.3 is 0 Å². The Hall–Kier alpha value is -2.06. The van der Waals surface area contributed by atoms with Crippen molar-refractivity contribution in [1.82, 2.24) is 4.90 Å². The van der Waals surface area contributed by atoms with Crippen LogP contribution in [-0.2, 0) is 9.59 Å². The first-order valence-electron chi connectivity index (χ1n) is 6.72. The third-order valence-electron chi connectivity index (χ3n) is 2.95. The van der Waals surface area contributed by atoms with Crippen molar-refractivity contribution in [3.05, 3.63) is 28.7 Å². The molecule has 1 amide bonds. The molecule has 1 aliphatic rings. The zero-order valence-corrected chi connectivity index (χ0v) is 14.2. The molecule has 23 heavy (non-hydrogen) atoms. The number of methoxy groups -OCH3 is 1. The SMILES string of the molecule is CCOc1ccc(/C=C2\SC(=S)N(CC(=O)[O-])C2=O)cc1OC. The maximum Gasteiger partial charge on any atom is 0.266 e. The van der Waals surface area contributed by atoms with Gasteiger partial charge in [0.1, 0.15) is 4.32 Å². The highest BCUT2D eigenvalue weighted by Gasteiger charge is 2.31. The minimum Gasteiger partial charge on any atom is -0.548 e. The van der Waals surface area contributed by atoms with E-state index in [-0.39, 0.29) is 4.32 Å². The molecule has 0 saturated carbocycles. The minimum atomic E-state index is -1.36. The fraction of sp³-hybridized carbons (Fsp3) is 0.267. The Bertz CT molecular complexity index is 686. The van der Waals surface area contributed by atoms with Crippen LogP contribution in [0.5, 0.6) is 11.5 Å². The van der Waals surface area contributed by atoms with Crippen molar-refractivity contribution in [2.24, 2.45) is 0 Å². The van der Waals surface area contributed by atoms with Crippen molar-refractivity contribution in [1.29, 1.82) is 0 Å². The normalized spacial score (nSPS) is 16.1. The average Bonchev–Trinajstić information content (AvgIpc) is 2.76. The lowest BCUT2D eigenvalue weighted by atomic mass is 10.2. The molecule has 1 saturated heterocycles. The van der Waals surface area contributed by atoms with E-state index in [1.54, 1.807) is 24.3 Å². The molecular formula is C15H14NO5S2-. The fourth-order valence-electron chi connectivity index (χ4n) is 1.97. The van der Waals surface area contributed by atoms with Crippen LogP contribution in [0.1, 0.15) is 12.5 Å². The summed E-state index contributed by atoms with van der Waals surface area (Å²) >= 11 is 6.08. The summed E-state index contributed by atoms with van der Waals surface area (Å²) in [7, 11) is 1.53. The number of carboxylic acids is 1. The van der Waals surface area contributed by atoms with E-state index in [1.807, 2.05) is 6.92 Å². The Morgan fingerprint density at radius 1 is 1.43 bits per heavy atom. The molecule has 0 unspecified atom stereocenters. The summed E-state index contributed by atoms with van der Waals surface area (Å²) in [6.45, 7) is 1.84. The summed E-state index contributed by atoms with van der Waals surface area (Å²) in [5, 5.41) is 10.7. The molecule has 0 spiro atoms. The topological polar surface area (TPSA) is 78.9 Å². The van der Waals surface area contributed by atoms with Gasteiger partial charge in [0.05, 0.1) is 31.1 Å². The summed E-state index contributed by atoms with van der Waals surface area (Å²) in [6, 6.07) is 5.26. The van der Waals surface area contributed by atoms with Gasteiger partial charge in [0.25, 0.3) is 5.91 Å². The van der Waals surface area contributed by atoms with Gasteiger partial charge in [-0.05, 0) is 30.7 Å². The van der Waals surface area contributed by atoms with Gasteiger partial charge < -0.3 is 19.4 Å². The number of nitrogens with zero attached hydrogens (tertiary/aromatic N) is 1. The molecule has 0 aromatic heterocycles. The largest absolute Gasteiger partial charge is 0.548 e. The van der Waals surface area contributed by atoms with Crippen molar-refractivity contribution in [2.45, 2.75) is 6.92 Å². The van der Waals surface area contributed by atoms with Crippen molar-refractivity contribution in [3.63, 3.8) is 0 Å². The number of hydrogen-bond acceptors (Lipinski definition) is 7. The van der Waals surface area contributed by atoms with Gasteiger partial charge in [0.15, 0.2) is 11.5 Å². The van der Waals surface area contributed by atoms with Gasteiger partial charge in [-0.25, -0.2) is 0 Å². The first kappa shape index (κ1) is 17.3. The fourth-order valence-corrected chi connectivity index (χ4v) is 3.22. The third-order valence-corrected chi connectivity index (χ3v) is 4.32. The van der Waals surface area contributed by atoms with E-state index in [2.05, 4.69) is 0 Å². The van der Waals surface area contributed by atoms with Crippen LogP contribution >= 0.6 is 24.0 Å². The van der Waals surface area contributed by atoms with Gasteiger partial charge in [-0.1, -0.05) is 30.0 Å². The van der Waals surface area contributed by atoms with Crippen LogP contribution < -0.4 is 14.6 Å². The number of carboxylic acid groups (broad SMARTS) is 1. The summed E-state index contributed by atoms with van der Waals surface area (Å²) in [5.74, 6) is -0.648. The molecule has 6 nitrogen and oxygen atoms in total. The molecule has 0 N–H and O–H groups in total. The van der Waals surface area contributed by atoms with Crippen LogP contribution in [0.4, 0.5) is 0 Å². The molecule has 122 valence electrons. The molecule has 1 aromatic carbocycles. The van der Waals surface area contributed by atoms with Gasteiger partial charge in [-0.3, -0.25) is 9.69 Å². The average molecular weight is 352 g/mol. The first-order valence-corrected chi connectivity index (χ1v) is 7.94. The number of carbonyl (C=O) groups excluding carboxylic acids is 2. The van der Waals surface area contributed by atoms with Crippen molar-refractivity contribution >= 4 is 46.3 Å². The third kappa shape index (κ3) is 4.02. The summed E-state index contributed by atoms with van der Waals surface area (Å²) < 4.78 is 10.9. The van der Waals surface area contributed by atoms with Crippen molar-refractivity contribution in [3.8, 4) is 11.5 Å². The Morgan fingerprint density at radius 3 is 2.78 bits per heavy atom. The predicted octanol–water partition coefficient (Wildman–Crippen LogP) is 1.04. The molecule has 0 bridgehead atoms. The predicted molar refractivity (Wildman–Crippen MR) is 89.0 cm³/mol. The molecule has 2 rings (SSSR count). The van der Waals surface area contributed by atoms with Crippen LogP contribution in [0.15, 0.2) is 23.1 Å². The second-order valence-corrected chi connectivity index (χ2v) is 6.16. The van der Waals surface area contributed by atoms with Gasteiger partial charge in [0.2, 0.25) is 0 Å². The van der Waals surface area contributed by atoms with Crippen LogP contribution in [-0.4, -0.2) is 41.4 Å². The number of benzene rings is 1. The number of thiocarbonyl (C=S) groups is 1. The number of ether oxygens (including phenoxy) is 2. The van der Waals surface area contributed by atoms with E-state index in [4.69, 9.17) is 21.7 Å². The first-order chi connectivity index (χ1) is 11.0. The minimum absolute atomic E-state index is 0.198. The van der Waals surface area contributed by atoms with E-state index < -0.39 is 18.4 Å². The highest BCUT2D eigenvalue weighted by molar-refractivity contribution is 8.26. The standard InChI is InChI=1S/C15H15NO5S2/c1-3-21-10-5-4-9(6-11(10)20-2)7-12-14(19)16(8-13(17)18)15(22)23-12/h4-7H,3,8H2,1-2H3,(H,17,18)/p-1/b12-7-. The Labute approximate surface area is 143 Å². The van der Waals surface area contributed by atoms with Gasteiger partial charge in [-0.15, -0.1) is 0 Å². The van der Waals surface area contributed by atoms with Crippen molar-refractivity contribution in [2.75, 3.05) is 20.3 Å². The number of carbonyl (C=O) groups is 2. The van der Waals surface area contributed by atoms with E-state index in [0.29, 0.717) is 23.0 Å². The van der Waals surface area contributed by atoms with Crippen LogP contribution in [0, 0.1) is 0 Å². The highest BCUT2D eigenvalue weighted by atomic mass is 32.2. The molecular weight excluding hydrogens is 338 g/mol. The van der Waals surface area contributed by atoms with E-state index in [9.17, 15) is 14.7 Å². The molecule has 0 atom stereocenters. The highest BCUT2D eigenvalue weighted by Crippen LogP contribution is 2.34. The monoisotopic (exact) mass is 352 g/mol. The van der Waals surface area contributed by atoms with E-state index in [1.165, 1.54) is 7.11 Å². The van der Waals surface area contributed by atoms with Gasteiger partial charge in [-0.2, -0.15) is 0 Å². The molecule has 0 radical (unpaired) electrons. The van der Waals surface area contributed by atoms with Crippen LogP contribution in [0.3, 0.4) is 0 Å². The summed E-state index contributed by atoms with van der Waals surface area (Å²) in [5.41, 5.74) is 0.722. The van der Waals surface area contributed by atoms with E-state index in [0.717, 1.165) is 22.2 Å². The molecule has 1 aromatic rings. The van der Waals surface area contributed by atoms with Gasteiger partial charge in [0, 0.05) is 0 Å². The van der Waals surface area contributed by atoms with Crippen LogP contribution in [0.25, 0.3) is 6.08 Å². The van der Waals surface area contributed by atoms with E-state index >= 15 is 0 Å². The lowest BCUT2D eigenvalue weighted by Crippen LogP contribution is -2.40. The second kappa shape index (κ2) is 7.47. The maximum absolute atomic E-state index is 12.2. The quantitative estimate of drug-likeness (QED) is 0.559. The molecule has 1 heterocycles.